The summed E-state index contributed by atoms with van der Waals surface area (Å²) in [4.78, 5) is 23.6. The number of benzene rings is 1. The Bertz CT molecular complexity index is 756. The highest BCUT2D eigenvalue weighted by Crippen LogP contribution is 2.31. The van der Waals surface area contributed by atoms with E-state index in [1.54, 1.807) is 19.4 Å². The molecule has 1 aromatic carbocycles. The maximum atomic E-state index is 12.7. The van der Waals surface area contributed by atoms with E-state index in [1.165, 1.54) is 4.90 Å². The minimum atomic E-state index is -0.277. The quantitative estimate of drug-likeness (QED) is 0.647. The summed E-state index contributed by atoms with van der Waals surface area (Å²) >= 11 is 4.53. The van der Waals surface area contributed by atoms with Crippen molar-refractivity contribution in [2.45, 2.75) is 31.7 Å². The third-order valence-electron chi connectivity index (χ3n) is 3.57. The van der Waals surface area contributed by atoms with Crippen LogP contribution >= 0.6 is 12.6 Å². The molecule has 0 saturated heterocycles. The van der Waals surface area contributed by atoms with E-state index in [4.69, 9.17) is 4.74 Å². The average molecular weight is 375 g/mol. The number of hydrogen-bond acceptors (Lipinski definition) is 6. The fourth-order valence-electron chi connectivity index (χ4n) is 2.44. The van der Waals surface area contributed by atoms with Crippen molar-refractivity contribution in [1.82, 2.24) is 15.3 Å². The lowest BCUT2D eigenvalue weighted by Crippen LogP contribution is -2.37. The Hall–Kier alpha value is -2.32. The first-order chi connectivity index (χ1) is 12.5. The van der Waals surface area contributed by atoms with Gasteiger partial charge in [-0.15, -0.1) is 12.6 Å². The molecule has 2 aromatic rings. The van der Waals surface area contributed by atoms with Gasteiger partial charge >= 0.3 is 6.03 Å². The Labute approximate surface area is 159 Å². The van der Waals surface area contributed by atoms with Crippen molar-refractivity contribution >= 4 is 36.1 Å². The van der Waals surface area contributed by atoms with Crippen LogP contribution in [0.25, 0.3) is 0 Å². The van der Waals surface area contributed by atoms with E-state index in [0.29, 0.717) is 35.5 Å². The highest BCUT2D eigenvalue weighted by molar-refractivity contribution is 7.80. The largest absolute Gasteiger partial charge is 0.383 e. The Kier molecular flexibility index (Phi) is 7.23. The van der Waals surface area contributed by atoms with Gasteiger partial charge in [0, 0.05) is 36.9 Å². The summed E-state index contributed by atoms with van der Waals surface area (Å²) in [5, 5.41) is 5.98. The second-order valence-electron chi connectivity index (χ2n) is 5.90. The van der Waals surface area contributed by atoms with Crippen LogP contribution in [0.15, 0.2) is 35.4 Å². The maximum Gasteiger partial charge on any atom is 0.327 e. The molecule has 0 aliphatic heterocycles. The van der Waals surface area contributed by atoms with Gasteiger partial charge in [0.25, 0.3) is 0 Å². The first-order valence-corrected chi connectivity index (χ1v) is 8.87. The molecule has 7 nitrogen and oxygen atoms in total. The summed E-state index contributed by atoms with van der Waals surface area (Å²) < 4.78 is 5.12. The lowest BCUT2D eigenvalue weighted by Gasteiger charge is -2.24. The number of amides is 2. The van der Waals surface area contributed by atoms with Gasteiger partial charge in [0.05, 0.1) is 12.3 Å². The Morgan fingerprint density at radius 3 is 2.81 bits per heavy atom. The number of carbonyl (C=O) groups excluding carboxylic acids is 1. The number of methoxy groups -OCH3 is 1. The average Bonchev–Trinajstić information content (AvgIpc) is 2.58. The third-order valence-corrected chi connectivity index (χ3v) is 3.92. The fraction of sp³-hybridized carbons (Fsp3) is 0.389. The van der Waals surface area contributed by atoms with Gasteiger partial charge < -0.3 is 15.4 Å². The van der Waals surface area contributed by atoms with Gasteiger partial charge in [-0.05, 0) is 38.5 Å². The number of ether oxygens (including phenoxy) is 1. The number of aromatic nitrogens is 2. The fourth-order valence-corrected chi connectivity index (χ4v) is 2.82. The summed E-state index contributed by atoms with van der Waals surface area (Å²) in [6, 6.07) is 7.15. The molecule has 0 spiro atoms. The van der Waals surface area contributed by atoms with E-state index in [1.807, 2.05) is 39.0 Å². The summed E-state index contributed by atoms with van der Waals surface area (Å²) in [7, 11) is 1.64. The van der Waals surface area contributed by atoms with Crippen LogP contribution in [0.3, 0.4) is 0 Å². The van der Waals surface area contributed by atoms with Gasteiger partial charge in [0.15, 0.2) is 0 Å². The third kappa shape index (κ3) is 5.09. The van der Waals surface area contributed by atoms with Crippen LogP contribution in [-0.4, -0.2) is 42.3 Å². The van der Waals surface area contributed by atoms with E-state index >= 15 is 0 Å². The van der Waals surface area contributed by atoms with Gasteiger partial charge in [-0.1, -0.05) is 6.07 Å². The number of nitrogens with zero attached hydrogens (tertiary/aromatic N) is 3. The van der Waals surface area contributed by atoms with Gasteiger partial charge in [-0.3, -0.25) is 0 Å². The zero-order chi connectivity index (χ0) is 19.1. The lowest BCUT2D eigenvalue weighted by atomic mass is 10.2. The zero-order valence-electron chi connectivity index (χ0n) is 15.5. The summed E-state index contributed by atoms with van der Waals surface area (Å²) in [6.07, 6.45) is 1.61. The Balaban J connectivity index is 2.41. The molecule has 0 fully saturated rings. The second-order valence-corrected chi connectivity index (χ2v) is 6.38. The number of urea groups is 1. The Morgan fingerprint density at radius 1 is 1.38 bits per heavy atom. The molecule has 1 aromatic heterocycles. The molecule has 1 heterocycles. The predicted molar refractivity (Wildman–Crippen MR) is 107 cm³/mol. The number of carbonyl (C=O) groups is 1. The van der Waals surface area contributed by atoms with E-state index in [-0.39, 0.29) is 12.1 Å². The molecule has 0 saturated carbocycles. The van der Waals surface area contributed by atoms with Crippen LogP contribution in [0.1, 0.15) is 19.4 Å². The number of rotatable bonds is 7. The molecular weight excluding hydrogens is 350 g/mol. The van der Waals surface area contributed by atoms with Crippen LogP contribution in [-0.2, 0) is 4.74 Å². The number of anilines is 3. The van der Waals surface area contributed by atoms with Crippen molar-refractivity contribution in [1.29, 1.82) is 0 Å². The monoisotopic (exact) mass is 375 g/mol. The smallest absolute Gasteiger partial charge is 0.327 e. The SMILES string of the molecule is CCNC(=O)N(c1ccnc(N[C@@H](C)COC)n1)c1ccc(C)cc1S. The van der Waals surface area contributed by atoms with Crippen molar-refractivity contribution in [3.63, 3.8) is 0 Å². The number of aryl methyl sites for hydroxylation is 1. The van der Waals surface area contributed by atoms with E-state index in [2.05, 4.69) is 33.2 Å². The van der Waals surface area contributed by atoms with Crippen molar-refractivity contribution in [2.24, 2.45) is 0 Å². The van der Waals surface area contributed by atoms with E-state index in [0.717, 1.165) is 5.56 Å². The number of thiol groups is 1. The maximum absolute atomic E-state index is 12.7. The molecule has 0 aliphatic carbocycles. The van der Waals surface area contributed by atoms with Gasteiger partial charge in [0.1, 0.15) is 5.82 Å². The van der Waals surface area contributed by atoms with Crippen LogP contribution in [0.2, 0.25) is 0 Å². The molecule has 8 heteroatoms. The molecular formula is C18H25N5O2S. The van der Waals surface area contributed by atoms with Crippen LogP contribution < -0.4 is 15.5 Å². The molecule has 0 unspecified atom stereocenters. The molecule has 2 rings (SSSR count). The van der Waals surface area contributed by atoms with Crippen molar-refractivity contribution < 1.29 is 9.53 Å². The van der Waals surface area contributed by atoms with Crippen molar-refractivity contribution in [3.8, 4) is 0 Å². The van der Waals surface area contributed by atoms with Gasteiger partial charge in [-0.25, -0.2) is 14.7 Å². The number of nitrogens with one attached hydrogen (secondary N) is 2. The first-order valence-electron chi connectivity index (χ1n) is 8.42. The highest BCUT2D eigenvalue weighted by Gasteiger charge is 2.21. The normalized spacial score (nSPS) is 11.7. The summed E-state index contributed by atoms with van der Waals surface area (Å²) in [6.45, 7) is 6.83. The molecule has 0 bridgehead atoms. The number of hydrogen-bond donors (Lipinski definition) is 3. The highest BCUT2D eigenvalue weighted by atomic mass is 32.1. The first kappa shape index (κ1) is 20.0. The van der Waals surface area contributed by atoms with Crippen LogP contribution in [0.5, 0.6) is 0 Å². The molecule has 0 radical (unpaired) electrons. The molecule has 1 atom stereocenters. The van der Waals surface area contributed by atoms with E-state index < -0.39 is 0 Å². The van der Waals surface area contributed by atoms with Gasteiger partial charge in [-0.2, -0.15) is 4.98 Å². The molecule has 0 aliphatic rings. The predicted octanol–water partition coefficient (Wildman–Crippen LogP) is 3.39. The molecule has 2 amide bonds. The standard InChI is InChI=1S/C18H25N5O2S/c1-5-19-18(24)23(14-7-6-12(2)10-15(14)26)16-8-9-20-17(22-16)21-13(3)11-25-4/h6-10,13,26H,5,11H2,1-4H3,(H,19,24)(H,20,21,22)/t13-/m0/s1. The zero-order valence-corrected chi connectivity index (χ0v) is 16.4. The second kappa shape index (κ2) is 9.40. The minimum Gasteiger partial charge on any atom is -0.383 e. The van der Waals surface area contributed by atoms with Crippen LogP contribution in [0, 0.1) is 6.92 Å². The van der Waals surface area contributed by atoms with Gasteiger partial charge in [0.2, 0.25) is 5.95 Å². The topological polar surface area (TPSA) is 79.4 Å². The minimum absolute atomic E-state index is 0.0352. The summed E-state index contributed by atoms with van der Waals surface area (Å²) in [5.74, 6) is 0.881. The molecule has 26 heavy (non-hydrogen) atoms. The molecule has 140 valence electrons. The van der Waals surface area contributed by atoms with Crippen LogP contribution in [0.4, 0.5) is 22.2 Å². The van der Waals surface area contributed by atoms with Crippen molar-refractivity contribution in [2.75, 3.05) is 30.5 Å². The molecule has 2 N–H and O–H groups in total. The Morgan fingerprint density at radius 2 is 2.15 bits per heavy atom. The lowest BCUT2D eigenvalue weighted by molar-refractivity contribution is 0.190. The summed E-state index contributed by atoms with van der Waals surface area (Å²) in [5.41, 5.74) is 1.72. The van der Waals surface area contributed by atoms with Crippen molar-refractivity contribution in [3.05, 3.63) is 36.0 Å². The van der Waals surface area contributed by atoms with E-state index in [9.17, 15) is 4.79 Å².